The predicted molar refractivity (Wildman–Crippen MR) is 83.9 cm³/mol. The van der Waals surface area contributed by atoms with Gasteiger partial charge >= 0.3 is 0 Å². The zero-order valence-electron chi connectivity index (χ0n) is 12.4. The fourth-order valence-electron chi connectivity index (χ4n) is 1.75. The number of carbonyl (C=O) groups is 2. The van der Waals surface area contributed by atoms with E-state index in [-0.39, 0.29) is 5.69 Å². The van der Waals surface area contributed by atoms with Crippen molar-refractivity contribution in [2.24, 2.45) is 5.41 Å². The Labute approximate surface area is 128 Å². The molecule has 2 rings (SSSR count). The number of hydrogen-bond acceptors (Lipinski definition) is 2. The molecule has 0 saturated carbocycles. The largest absolute Gasteiger partial charge is 0.325 e. The lowest BCUT2D eigenvalue weighted by atomic mass is 9.90. The lowest BCUT2D eigenvalue weighted by Gasteiger charge is -2.22. The van der Waals surface area contributed by atoms with Gasteiger partial charge in [0.05, 0.1) is 5.69 Å². The third-order valence-electron chi connectivity index (χ3n) is 3.29. The van der Waals surface area contributed by atoms with Gasteiger partial charge in [0.15, 0.2) is 0 Å². The molecule has 5 heteroatoms. The van der Waals surface area contributed by atoms with Gasteiger partial charge < -0.3 is 10.6 Å². The van der Waals surface area contributed by atoms with Crippen LogP contribution in [0.15, 0.2) is 54.6 Å². The molecule has 0 aliphatic heterocycles. The lowest BCUT2D eigenvalue weighted by Crippen LogP contribution is -2.41. The van der Waals surface area contributed by atoms with Crippen LogP contribution < -0.4 is 10.6 Å². The van der Waals surface area contributed by atoms with Crippen molar-refractivity contribution in [1.29, 1.82) is 0 Å². The van der Waals surface area contributed by atoms with E-state index >= 15 is 0 Å². The average Bonchev–Trinajstić information content (AvgIpc) is 2.50. The summed E-state index contributed by atoms with van der Waals surface area (Å²) in [4.78, 5) is 24.6. The molecular weight excluding hydrogens is 283 g/mol. The van der Waals surface area contributed by atoms with Gasteiger partial charge in [-0.15, -0.1) is 0 Å². The van der Waals surface area contributed by atoms with E-state index in [1.165, 1.54) is 32.0 Å². The zero-order valence-corrected chi connectivity index (χ0v) is 12.4. The Hall–Kier alpha value is -2.69. The van der Waals surface area contributed by atoms with Gasteiger partial charge in [0.2, 0.25) is 11.8 Å². The SMILES string of the molecule is CC(C)(C(=O)Nc1ccccc1)C(=O)Nc1ccccc1F. The van der Waals surface area contributed by atoms with Crippen molar-refractivity contribution < 1.29 is 14.0 Å². The van der Waals surface area contributed by atoms with E-state index in [0.717, 1.165) is 0 Å². The van der Waals surface area contributed by atoms with Gasteiger partial charge in [0.25, 0.3) is 0 Å². The Morgan fingerprint density at radius 1 is 0.864 bits per heavy atom. The number of nitrogens with one attached hydrogen (secondary N) is 2. The molecule has 0 unspecified atom stereocenters. The maximum Gasteiger partial charge on any atom is 0.239 e. The molecule has 2 N–H and O–H groups in total. The predicted octanol–water partition coefficient (Wildman–Crippen LogP) is 3.43. The van der Waals surface area contributed by atoms with Crippen LogP contribution in [0.2, 0.25) is 0 Å². The topological polar surface area (TPSA) is 58.2 Å². The highest BCUT2D eigenvalue weighted by Crippen LogP contribution is 2.22. The first-order valence-corrected chi connectivity index (χ1v) is 6.84. The van der Waals surface area contributed by atoms with Gasteiger partial charge in [0.1, 0.15) is 11.2 Å². The Morgan fingerprint density at radius 2 is 1.41 bits per heavy atom. The summed E-state index contributed by atoms with van der Waals surface area (Å²) < 4.78 is 13.6. The highest BCUT2D eigenvalue weighted by molar-refractivity contribution is 6.14. The van der Waals surface area contributed by atoms with Crippen LogP contribution in [0.3, 0.4) is 0 Å². The highest BCUT2D eigenvalue weighted by Gasteiger charge is 2.36. The van der Waals surface area contributed by atoms with Gasteiger partial charge in [-0.05, 0) is 38.1 Å². The standard InChI is InChI=1S/C17H17FN2O2/c1-17(2,15(21)19-12-8-4-3-5-9-12)16(22)20-14-11-7-6-10-13(14)18/h3-11H,1-2H3,(H,19,21)(H,20,22). The number of benzene rings is 2. The molecule has 0 aliphatic carbocycles. The van der Waals surface area contributed by atoms with Gasteiger partial charge in [-0.1, -0.05) is 30.3 Å². The fraction of sp³-hybridized carbons (Fsp3) is 0.176. The van der Waals surface area contributed by atoms with Crippen molar-refractivity contribution in [1.82, 2.24) is 0 Å². The van der Waals surface area contributed by atoms with Crippen molar-refractivity contribution in [3.63, 3.8) is 0 Å². The van der Waals surface area contributed by atoms with Crippen molar-refractivity contribution in [2.45, 2.75) is 13.8 Å². The van der Waals surface area contributed by atoms with E-state index in [0.29, 0.717) is 5.69 Å². The molecule has 22 heavy (non-hydrogen) atoms. The first kappa shape index (κ1) is 15.7. The number of amides is 2. The molecule has 0 saturated heterocycles. The molecule has 2 aromatic rings. The monoisotopic (exact) mass is 300 g/mol. The van der Waals surface area contributed by atoms with E-state index in [9.17, 15) is 14.0 Å². The Balaban J connectivity index is 2.10. The number of halogens is 1. The highest BCUT2D eigenvalue weighted by atomic mass is 19.1. The second-order valence-corrected chi connectivity index (χ2v) is 5.38. The van der Waals surface area contributed by atoms with E-state index in [1.54, 1.807) is 30.3 Å². The maximum atomic E-state index is 13.6. The number of para-hydroxylation sites is 2. The first-order valence-electron chi connectivity index (χ1n) is 6.84. The van der Waals surface area contributed by atoms with Crippen LogP contribution in [-0.2, 0) is 9.59 Å². The number of rotatable bonds is 4. The minimum Gasteiger partial charge on any atom is -0.325 e. The van der Waals surface area contributed by atoms with E-state index < -0.39 is 23.0 Å². The van der Waals surface area contributed by atoms with Crippen molar-refractivity contribution in [3.05, 3.63) is 60.4 Å². The minimum absolute atomic E-state index is 0.0492. The zero-order chi connectivity index (χ0) is 16.2. The second-order valence-electron chi connectivity index (χ2n) is 5.38. The van der Waals surface area contributed by atoms with E-state index in [4.69, 9.17) is 0 Å². The molecule has 2 aromatic carbocycles. The van der Waals surface area contributed by atoms with Crippen molar-refractivity contribution in [3.8, 4) is 0 Å². The smallest absolute Gasteiger partial charge is 0.239 e. The second kappa shape index (κ2) is 6.39. The fourth-order valence-corrected chi connectivity index (χ4v) is 1.75. The summed E-state index contributed by atoms with van der Waals surface area (Å²) in [6.07, 6.45) is 0. The number of carbonyl (C=O) groups excluding carboxylic acids is 2. The summed E-state index contributed by atoms with van der Waals surface area (Å²) in [5.41, 5.74) is -0.703. The average molecular weight is 300 g/mol. The summed E-state index contributed by atoms with van der Waals surface area (Å²) in [6.45, 7) is 2.98. The summed E-state index contributed by atoms with van der Waals surface area (Å²) in [5, 5.41) is 5.11. The van der Waals surface area contributed by atoms with Gasteiger partial charge in [-0.3, -0.25) is 9.59 Å². The van der Waals surface area contributed by atoms with Gasteiger partial charge in [0, 0.05) is 5.69 Å². The third kappa shape index (κ3) is 3.49. The lowest BCUT2D eigenvalue weighted by molar-refractivity contribution is -0.135. The molecule has 0 radical (unpaired) electrons. The van der Waals surface area contributed by atoms with Crippen LogP contribution in [0.5, 0.6) is 0 Å². The van der Waals surface area contributed by atoms with Crippen LogP contribution in [0.25, 0.3) is 0 Å². The molecule has 0 fully saturated rings. The normalized spacial score (nSPS) is 10.9. The molecule has 2 amide bonds. The van der Waals surface area contributed by atoms with Crippen LogP contribution in [-0.4, -0.2) is 11.8 Å². The third-order valence-corrected chi connectivity index (χ3v) is 3.29. The minimum atomic E-state index is -1.35. The van der Waals surface area contributed by atoms with Crippen molar-refractivity contribution >= 4 is 23.2 Å². The number of anilines is 2. The molecule has 0 aliphatic rings. The molecule has 4 nitrogen and oxygen atoms in total. The van der Waals surface area contributed by atoms with Crippen LogP contribution >= 0.6 is 0 Å². The van der Waals surface area contributed by atoms with E-state index in [1.807, 2.05) is 6.07 Å². The molecule has 114 valence electrons. The van der Waals surface area contributed by atoms with Crippen molar-refractivity contribution in [2.75, 3.05) is 10.6 Å². The molecule has 0 atom stereocenters. The Bertz CT molecular complexity index is 684. The van der Waals surface area contributed by atoms with Gasteiger partial charge in [-0.2, -0.15) is 0 Å². The van der Waals surface area contributed by atoms with Crippen LogP contribution in [0.1, 0.15) is 13.8 Å². The van der Waals surface area contributed by atoms with Crippen LogP contribution in [0, 0.1) is 11.2 Å². The van der Waals surface area contributed by atoms with E-state index in [2.05, 4.69) is 10.6 Å². The number of hydrogen-bond donors (Lipinski definition) is 2. The molecule has 0 spiro atoms. The summed E-state index contributed by atoms with van der Waals surface area (Å²) >= 11 is 0. The Kier molecular flexibility index (Phi) is 4.56. The molecule has 0 heterocycles. The quantitative estimate of drug-likeness (QED) is 0.850. The van der Waals surface area contributed by atoms with Crippen LogP contribution in [0.4, 0.5) is 15.8 Å². The summed E-state index contributed by atoms with van der Waals surface area (Å²) in [5.74, 6) is -1.59. The Morgan fingerprint density at radius 3 is 2.05 bits per heavy atom. The molecule has 0 bridgehead atoms. The molecule has 0 aromatic heterocycles. The summed E-state index contributed by atoms with van der Waals surface area (Å²) in [6, 6.07) is 14.7. The first-order chi connectivity index (χ1) is 10.4. The summed E-state index contributed by atoms with van der Waals surface area (Å²) in [7, 11) is 0. The molecular formula is C17H17FN2O2. The maximum absolute atomic E-state index is 13.6. The van der Waals surface area contributed by atoms with Gasteiger partial charge in [-0.25, -0.2) is 4.39 Å².